The first-order valence-corrected chi connectivity index (χ1v) is 8.71. The van der Waals surface area contributed by atoms with Crippen molar-refractivity contribution in [2.24, 2.45) is 0 Å². The SMILES string of the molecule is COc1ccc(S(=O)(=O)N[C@H](C)C(=O)Nc2cccc(C)n2)cc1. The third-order valence-corrected chi connectivity index (χ3v) is 4.79. The molecule has 0 spiro atoms. The zero-order valence-corrected chi connectivity index (χ0v) is 14.4. The number of nitrogens with one attached hydrogen (secondary N) is 2. The van der Waals surface area contributed by atoms with E-state index in [1.807, 2.05) is 0 Å². The lowest BCUT2D eigenvalue weighted by Crippen LogP contribution is -2.41. The first kappa shape index (κ1) is 17.9. The summed E-state index contributed by atoms with van der Waals surface area (Å²) in [5.74, 6) is 0.422. The van der Waals surface area contributed by atoms with Crippen molar-refractivity contribution in [3.8, 4) is 5.75 Å². The van der Waals surface area contributed by atoms with E-state index >= 15 is 0 Å². The van der Waals surface area contributed by atoms with Gasteiger partial charge in [-0.05, 0) is 50.2 Å². The molecule has 7 nitrogen and oxygen atoms in total. The molecule has 24 heavy (non-hydrogen) atoms. The number of benzene rings is 1. The van der Waals surface area contributed by atoms with Gasteiger partial charge in [-0.15, -0.1) is 0 Å². The Labute approximate surface area is 141 Å². The molecule has 1 amide bonds. The molecular formula is C16H19N3O4S. The van der Waals surface area contributed by atoms with Crippen LogP contribution >= 0.6 is 0 Å². The molecule has 2 rings (SSSR count). The molecule has 2 aromatic rings. The smallest absolute Gasteiger partial charge is 0.243 e. The minimum atomic E-state index is -3.82. The van der Waals surface area contributed by atoms with Crippen molar-refractivity contribution < 1.29 is 17.9 Å². The first-order valence-electron chi connectivity index (χ1n) is 7.23. The number of sulfonamides is 1. The van der Waals surface area contributed by atoms with E-state index in [0.29, 0.717) is 11.6 Å². The van der Waals surface area contributed by atoms with Crippen LogP contribution in [-0.2, 0) is 14.8 Å². The molecule has 0 aliphatic carbocycles. The number of anilines is 1. The minimum absolute atomic E-state index is 0.0524. The molecule has 0 aliphatic heterocycles. The fourth-order valence-corrected chi connectivity index (χ4v) is 3.16. The number of rotatable bonds is 6. The summed E-state index contributed by atoms with van der Waals surface area (Å²) >= 11 is 0. The molecule has 8 heteroatoms. The molecule has 0 fully saturated rings. The van der Waals surface area contributed by atoms with Crippen molar-refractivity contribution >= 4 is 21.7 Å². The fourth-order valence-electron chi connectivity index (χ4n) is 1.96. The summed E-state index contributed by atoms with van der Waals surface area (Å²) < 4.78 is 31.9. The number of methoxy groups -OCH3 is 1. The Kier molecular flexibility index (Phi) is 5.53. The normalized spacial score (nSPS) is 12.5. The quantitative estimate of drug-likeness (QED) is 0.827. The van der Waals surface area contributed by atoms with Crippen molar-refractivity contribution in [2.75, 3.05) is 12.4 Å². The fraction of sp³-hybridized carbons (Fsp3) is 0.250. The molecule has 1 heterocycles. The van der Waals surface area contributed by atoms with Gasteiger partial charge in [0.15, 0.2) is 0 Å². The molecule has 1 atom stereocenters. The number of amides is 1. The van der Waals surface area contributed by atoms with Crippen LogP contribution in [0.25, 0.3) is 0 Å². The van der Waals surface area contributed by atoms with Crippen LogP contribution in [0.1, 0.15) is 12.6 Å². The van der Waals surface area contributed by atoms with Crippen LogP contribution in [0.2, 0.25) is 0 Å². The van der Waals surface area contributed by atoms with E-state index in [9.17, 15) is 13.2 Å². The van der Waals surface area contributed by atoms with Gasteiger partial charge in [0.2, 0.25) is 15.9 Å². The van der Waals surface area contributed by atoms with Gasteiger partial charge in [-0.1, -0.05) is 6.07 Å². The highest BCUT2D eigenvalue weighted by molar-refractivity contribution is 7.89. The number of carbonyl (C=O) groups excluding carboxylic acids is 1. The second kappa shape index (κ2) is 7.41. The van der Waals surface area contributed by atoms with Gasteiger partial charge in [0.1, 0.15) is 11.6 Å². The lowest BCUT2D eigenvalue weighted by molar-refractivity contribution is -0.117. The number of hydrogen-bond acceptors (Lipinski definition) is 5. The van der Waals surface area contributed by atoms with Crippen molar-refractivity contribution in [1.29, 1.82) is 0 Å². The van der Waals surface area contributed by atoms with Crippen LogP contribution in [0.4, 0.5) is 5.82 Å². The van der Waals surface area contributed by atoms with E-state index < -0.39 is 22.0 Å². The molecule has 1 aromatic carbocycles. The van der Waals surface area contributed by atoms with Crippen LogP contribution in [0.5, 0.6) is 5.75 Å². The summed E-state index contributed by atoms with van der Waals surface area (Å²) in [6.45, 7) is 3.26. The van der Waals surface area contributed by atoms with E-state index in [1.54, 1.807) is 25.1 Å². The zero-order valence-electron chi connectivity index (χ0n) is 13.6. The molecule has 0 saturated carbocycles. The highest BCUT2D eigenvalue weighted by Crippen LogP contribution is 2.15. The second-order valence-electron chi connectivity index (χ2n) is 5.17. The van der Waals surface area contributed by atoms with Gasteiger partial charge in [0, 0.05) is 5.69 Å². The zero-order chi connectivity index (χ0) is 17.7. The highest BCUT2D eigenvalue weighted by atomic mass is 32.2. The molecule has 0 radical (unpaired) electrons. The van der Waals surface area contributed by atoms with Crippen LogP contribution in [0.3, 0.4) is 0 Å². The van der Waals surface area contributed by atoms with Crippen molar-refractivity contribution in [3.05, 3.63) is 48.2 Å². The predicted octanol–water partition coefficient (Wildman–Crippen LogP) is 1.70. The molecule has 0 unspecified atom stereocenters. The highest BCUT2D eigenvalue weighted by Gasteiger charge is 2.22. The molecule has 0 aliphatic rings. The molecule has 0 bridgehead atoms. The lowest BCUT2D eigenvalue weighted by Gasteiger charge is -2.14. The van der Waals surface area contributed by atoms with Crippen molar-refractivity contribution in [2.45, 2.75) is 24.8 Å². The number of pyridine rings is 1. The Morgan fingerprint density at radius 3 is 2.42 bits per heavy atom. The summed E-state index contributed by atoms with van der Waals surface area (Å²) in [5, 5.41) is 2.58. The predicted molar refractivity (Wildman–Crippen MR) is 90.4 cm³/mol. The number of carbonyl (C=O) groups is 1. The Morgan fingerprint density at radius 1 is 1.17 bits per heavy atom. The van der Waals surface area contributed by atoms with Gasteiger partial charge >= 0.3 is 0 Å². The summed E-state index contributed by atoms with van der Waals surface area (Å²) in [5.41, 5.74) is 0.749. The van der Waals surface area contributed by atoms with Crippen LogP contribution in [0, 0.1) is 6.92 Å². The third-order valence-electron chi connectivity index (χ3n) is 3.23. The van der Waals surface area contributed by atoms with Crippen molar-refractivity contribution in [3.63, 3.8) is 0 Å². The van der Waals surface area contributed by atoms with Gasteiger partial charge in [-0.2, -0.15) is 4.72 Å². The van der Waals surface area contributed by atoms with E-state index in [2.05, 4.69) is 15.0 Å². The number of hydrogen-bond donors (Lipinski definition) is 2. The summed E-state index contributed by atoms with van der Waals surface area (Å²) in [6, 6.07) is 10.1. The maximum Gasteiger partial charge on any atom is 0.243 e. The Bertz CT molecular complexity index is 819. The summed E-state index contributed by atoms with van der Waals surface area (Å²) in [4.78, 5) is 16.3. The van der Waals surface area contributed by atoms with Gasteiger partial charge in [0.05, 0.1) is 18.0 Å². The maximum atomic E-state index is 12.3. The molecule has 2 N–H and O–H groups in total. The average Bonchev–Trinajstić information content (AvgIpc) is 2.54. The number of nitrogens with zero attached hydrogens (tertiary/aromatic N) is 1. The number of aromatic nitrogens is 1. The molecule has 0 saturated heterocycles. The molecular weight excluding hydrogens is 330 g/mol. The Hall–Kier alpha value is -2.45. The van der Waals surface area contributed by atoms with Crippen LogP contribution in [-0.4, -0.2) is 32.5 Å². The van der Waals surface area contributed by atoms with Crippen molar-refractivity contribution in [1.82, 2.24) is 9.71 Å². The van der Waals surface area contributed by atoms with Gasteiger partial charge in [-0.25, -0.2) is 13.4 Å². The Morgan fingerprint density at radius 2 is 1.83 bits per heavy atom. The summed E-state index contributed by atoms with van der Waals surface area (Å²) in [7, 11) is -2.32. The van der Waals surface area contributed by atoms with E-state index in [-0.39, 0.29) is 4.90 Å². The third kappa shape index (κ3) is 4.53. The van der Waals surface area contributed by atoms with E-state index in [4.69, 9.17) is 4.74 Å². The number of aryl methyl sites for hydroxylation is 1. The summed E-state index contributed by atoms with van der Waals surface area (Å²) in [6.07, 6.45) is 0. The first-order chi connectivity index (χ1) is 11.3. The van der Waals surface area contributed by atoms with Gasteiger partial charge in [-0.3, -0.25) is 4.79 Å². The number of ether oxygens (including phenoxy) is 1. The molecule has 1 aromatic heterocycles. The van der Waals surface area contributed by atoms with Gasteiger partial charge in [0.25, 0.3) is 0 Å². The van der Waals surface area contributed by atoms with E-state index in [0.717, 1.165) is 5.69 Å². The van der Waals surface area contributed by atoms with Gasteiger partial charge < -0.3 is 10.1 Å². The largest absolute Gasteiger partial charge is 0.497 e. The molecule has 128 valence electrons. The minimum Gasteiger partial charge on any atom is -0.497 e. The van der Waals surface area contributed by atoms with Crippen LogP contribution in [0.15, 0.2) is 47.4 Å². The Balaban J connectivity index is 2.06. The van der Waals surface area contributed by atoms with E-state index in [1.165, 1.54) is 38.3 Å². The standard InChI is InChI=1S/C16H19N3O4S/c1-11-5-4-6-15(17-11)18-16(20)12(2)19-24(21,22)14-9-7-13(23-3)8-10-14/h4-10,12,19H,1-3H3,(H,17,18,20)/t12-/m1/s1. The topological polar surface area (TPSA) is 97.4 Å². The lowest BCUT2D eigenvalue weighted by atomic mass is 10.3. The second-order valence-corrected chi connectivity index (χ2v) is 6.89. The maximum absolute atomic E-state index is 12.3. The average molecular weight is 349 g/mol. The van der Waals surface area contributed by atoms with Crippen LogP contribution < -0.4 is 14.8 Å². The monoisotopic (exact) mass is 349 g/mol.